The summed E-state index contributed by atoms with van der Waals surface area (Å²) in [4.78, 5) is 23.7. The number of para-hydroxylation sites is 1. The fourth-order valence-electron chi connectivity index (χ4n) is 2.31. The lowest BCUT2D eigenvalue weighted by Gasteiger charge is -2.07. The monoisotopic (exact) mass is 387 g/mol. The first kappa shape index (κ1) is 18.6. The van der Waals surface area contributed by atoms with Gasteiger partial charge in [-0.1, -0.05) is 29.8 Å². The predicted octanol–water partition coefficient (Wildman–Crippen LogP) is 3.39. The number of anilines is 1. The molecule has 1 aromatic heterocycles. The summed E-state index contributed by atoms with van der Waals surface area (Å²) >= 11 is 5.64. The molecule has 0 aliphatic rings. The number of hydrogen-bond acceptors (Lipinski definition) is 4. The number of hydrogen-bond donors (Lipinski definition) is 1. The van der Waals surface area contributed by atoms with Gasteiger partial charge in [0.1, 0.15) is 5.82 Å². The Morgan fingerprint density at radius 2 is 1.96 bits per heavy atom. The molecule has 0 unspecified atom stereocenters. The van der Waals surface area contributed by atoms with Crippen LogP contribution in [0.4, 0.5) is 10.1 Å². The van der Waals surface area contributed by atoms with Crippen LogP contribution in [0.3, 0.4) is 0 Å². The summed E-state index contributed by atoms with van der Waals surface area (Å²) in [7, 11) is 0. The zero-order chi connectivity index (χ0) is 19.2. The van der Waals surface area contributed by atoms with E-state index in [0.717, 1.165) is 11.8 Å². The van der Waals surface area contributed by atoms with Gasteiger partial charge in [0.2, 0.25) is 0 Å². The number of nitrogens with one attached hydrogen (secondary N) is 1. The van der Waals surface area contributed by atoms with Crippen molar-refractivity contribution in [3.8, 4) is 5.69 Å². The van der Waals surface area contributed by atoms with Crippen LogP contribution in [-0.2, 0) is 20.7 Å². The Kier molecular flexibility index (Phi) is 5.83. The van der Waals surface area contributed by atoms with Gasteiger partial charge >= 0.3 is 5.97 Å². The Hall–Kier alpha value is -3.19. The molecular weight excluding hydrogens is 373 g/mol. The van der Waals surface area contributed by atoms with Crippen molar-refractivity contribution in [2.45, 2.75) is 6.42 Å². The first-order valence-corrected chi connectivity index (χ1v) is 8.38. The summed E-state index contributed by atoms with van der Waals surface area (Å²) in [6, 6.07) is 13.2. The van der Waals surface area contributed by atoms with E-state index in [4.69, 9.17) is 16.3 Å². The molecule has 6 nitrogen and oxygen atoms in total. The second kappa shape index (κ2) is 8.46. The van der Waals surface area contributed by atoms with E-state index in [2.05, 4.69) is 10.4 Å². The number of carbonyl (C=O) groups is 2. The first-order valence-electron chi connectivity index (χ1n) is 8.01. The number of halogens is 2. The Balaban J connectivity index is 1.49. The average Bonchev–Trinajstić information content (AvgIpc) is 3.12. The van der Waals surface area contributed by atoms with Crippen molar-refractivity contribution in [3.63, 3.8) is 0 Å². The number of aromatic nitrogens is 2. The number of amides is 1. The Morgan fingerprint density at radius 1 is 1.19 bits per heavy atom. The molecule has 3 rings (SSSR count). The lowest BCUT2D eigenvalue weighted by Crippen LogP contribution is -2.21. The van der Waals surface area contributed by atoms with Crippen molar-refractivity contribution in [3.05, 3.63) is 77.3 Å². The molecule has 0 aliphatic carbocycles. The summed E-state index contributed by atoms with van der Waals surface area (Å²) in [6.07, 6.45) is 3.27. The van der Waals surface area contributed by atoms with Crippen LogP contribution in [0, 0.1) is 5.82 Å². The van der Waals surface area contributed by atoms with E-state index in [0.29, 0.717) is 11.3 Å². The molecule has 0 saturated heterocycles. The van der Waals surface area contributed by atoms with Crippen LogP contribution in [0.2, 0.25) is 5.02 Å². The highest BCUT2D eigenvalue weighted by Crippen LogP contribution is 2.19. The number of rotatable bonds is 6. The van der Waals surface area contributed by atoms with E-state index in [9.17, 15) is 14.0 Å². The molecule has 3 aromatic rings. The first-order chi connectivity index (χ1) is 13.0. The number of benzene rings is 2. The van der Waals surface area contributed by atoms with Gasteiger partial charge < -0.3 is 10.1 Å². The quantitative estimate of drug-likeness (QED) is 0.658. The van der Waals surface area contributed by atoms with Gasteiger partial charge in [-0.15, -0.1) is 0 Å². The number of nitrogens with zero attached hydrogens (tertiary/aromatic N) is 2. The van der Waals surface area contributed by atoms with Crippen LogP contribution in [0.1, 0.15) is 5.56 Å². The zero-order valence-electron chi connectivity index (χ0n) is 14.1. The summed E-state index contributed by atoms with van der Waals surface area (Å²) in [5.74, 6) is -1.70. The third-order valence-corrected chi connectivity index (χ3v) is 3.86. The van der Waals surface area contributed by atoms with E-state index in [-0.39, 0.29) is 11.4 Å². The van der Waals surface area contributed by atoms with Gasteiger partial charge in [-0.25, -0.2) is 9.07 Å². The third kappa shape index (κ3) is 5.15. The number of ether oxygens (including phenoxy) is 1. The van der Waals surface area contributed by atoms with Gasteiger partial charge in [-0.3, -0.25) is 9.59 Å². The maximum absolute atomic E-state index is 13.1. The molecule has 0 radical (unpaired) electrons. The van der Waals surface area contributed by atoms with E-state index in [1.165, 1.54) is 12.1 Å². The van der Waals surface area contributed by atoms with Crippen LogP contribution in [-0.4, -0.2) is 28.3 Å². The van der Waals surface area contributed by atoms with Crippen LogP contribution >= 0.6 is 11.6 Å². The summed E-state index contributed by atoms with van der Waals surface area (Å²) in [5.41, 5.74) is 1.84. The van der Waals surface area contributed by atoms with Gasteiger partial charge in [-0.05, 0) is 30.3 Å². The Labute approximate surface area is 159 Å². The fourth-order valence-corrected chi connectivity index (χ4v) is 2.49. The molecule has 0 bridgehead atoms. The van der Waals surface area contributed by atoms with Gasteiger partial charge in [0.25, 0.3) is 5.91 Å². The van der Waals surface area contributed by atoms with Crippen molar-refractivity contribution in [2.75, 3.05) is 11.9 Å². The van der Waals surface area contributed by atoms with E-state index < -0.39 is 24.3 Å². The van der Waals surface area contributed by atoms with Crippen molar-refractivity contribution in [1.29, 1.82) is 0 Å². The molecule has 0 spiro atoms. The topological polar surface area (TPSA) is 73.2 Å². The minimum Gasteiger partial charge on any atom is -0.455 e. The van der Waals surface area contributed by atoms with E-state index in [1.54, 1.807) is 17.1 Å². The number of carbonyl (C=O) groups excluding carboxylic acids is 2. The molecule has 138 valence electrons. The highest BCUT2D eigenvalue weighted by atomic mass is 35.5. The van der Waals surface area contributed by atoms with Gasteiger partial charge in [0.15, 0.2) is 6.61 Å². The van der Waals surface area contributed by atoms with Crippen LogP contribution in [0.5, 0.6) is 0 Å². The zero-order valence-corrected chi connectivity index (χ0v) is 14.8. The maximum Gasteiger partial charge on any atom is 0.310 e. The molecule has 0 aliphatic heterocycles. The molecule has 0 saturated carbocycles. The van der Waals surface area contributed by atoms with Crippen molar-refractivity contribution < 1.29 is 18.7 Å². The fraction of sp³-hybridized carbons (Fsp3) is 0.105. The molecule has 1 N–H and O–H groups in total. The molecule has 2 aromatic carbocycles. The smallest absolute Gasteiger partial charge is 0.310 e. The number of esters is 1. The van der Waals surface area contributed by atoms with Crippen LogP contribution in [0.15, 0.2) is 60.9 Å². The van der Waals surface area contributed by atoms with E-state index in [1.807, 2.05) is 30.3 Å². The highest BCUT2D eigenvalue weighted by molar-refractivity contribution is 6.31. The Bertz CT molecular complexity index is 960. The molecule has 1 amide bonds. The van der Waals surface area contributed by atoms with Crippen molar-refractivity contribution in [2.24, 2.45) is 0 Å². The molecule has 0 atom stereocenters. The average molecular weight is 388 g/mol. The maximum atomic E-state index is 13.1. The largest absolute Gasteiger partial charge is 0.455 e. The molecule has 27 heavy (non-hydrogen) atoms. The SMILES string of the molecule is O=C(COC(=O)Cc1cnn(-c2ccccc2)c1)Nc1ccc(F)c(Cl)c1. The molecule has 8 heteroatoms. The van der Waals surface area contributed by atoms with E-state index >= 15 is 0 Å². The lowest BCUT2D eigenvalue weighted by atomic mass is 10.2. The summed E-state index contributed by atoms with van der Waals surface area (Å²) < 4.78 is 19.7. The van der Waals surface area contributed by atoms with Gasteiger partial charge in [-0.2, -0.15) is 5.10 Å². The van der Waals surface area contributed by atoms with Crippen molar-refractivity contribution in [1.82, 2.24) is 9.78 Å². The second-order valence-corrected chi connectivity index (χ2v) is 6.05. The predicted molar refractivity (Wildman–Crippen MR) is 98.3 cm³/mol. The normalized spacial score (nSPS) is 10.4. The van der Waals surface area contributed by atoms with Gasteiger partial charge in [0, 0.05) is 17.4 Å². The minimum atomic E-state index is -0.586. The molecule has 0 fully saturated rings. The molecule has 1 heterocycles. The standard InChI is InChI=1S/C19H15ClFN3O3/c20-16-9-14(6-7-17(16)21)23-18(25)12-27-19(26)8-13-10-22-24(11-13)15-4-2-1-3-5-15/h1-7,9-11H,8,12H2,(H,23,25). The summed E-state index contributed by atoms with van der Waals surface area (Å²) in [5, 5.41) is 6.55. The lowest BCUT2D eigenvalue weighted by molar-refractivity contribution is -0.146. The second-order valence-electron chi connectivity index (χ2n) is 5.64. The summed E-state index contributed by atoms with van der Waals surface area (Å²) in [6.45, 7) is -0.458. The highest BCUT2D eigenvalue weighted by Gasteiger charge is 2.11. The van der Waals surface area contributed by atoms with Crippen LogP contribution < -0.4 is 5.32 Å². The van der Waals surface area contributed by atoms with Crippen molar-refractivity contribution >= 4 is 29.2 Å². The molecular formula is C19H15ClFN3O3. The third-order valence-electron chi connectivity index (χ3n) is 3.57. The Morgan fingerprint density at radius 3 is 2.70 bits per heavy atom. The van der Waals surface area contributed by atoms with Crippen LogP contribution in [0.25, 0.3) is 5.69 Å². The van der Waals surface area contributed by atoms with Gasteiger partial charge in [0.05, 0.1) is 23.3 Å². The minimum absolute atomic E-state index is 0.0114.